The molecule has 0 bridgehead atoms. The zero-order valence-corrected chi connectivity index (χ0v) is 8.91. The lowest BCUT2D eigenvalue weighted by atomic mass is 10.00. The molecule has 2 rings (SSSR count). The van der Waals surface area contributed by atoms with Crippen LogP contribution < -0.4 is 0 Å². The van der Waals surface area contributed by atoms with Gasteiger partial charge in [-0.3, -0.25) is 0 Å². The Labute approximate surface area is 96.5 Å². The third-order valence-corrected chi connectivity index (χ3v) is 2.67. The number of aliphatic hydroxyl groups excluding tert-OH is 1. The van der Waals surface area contributed by atoms with Crippen molar-refractivity contribution in [2.24, 2.45) is 0 Å². The number of rotatable bonds is 2. The number of fused-ring (bicyclic) bond motifs is 1. The van der Waals surface area contributed by atoms with Crippen molar-refractivity contribution in [3.63, 3.8) is 0 Å². The quantitative estimate of drug-likeness (QED) is 0.853. The number of halogens is 3. The number of alkyl halides is 3. The summed E-state index contributed by atoms with van der Waals surface area (Å²) in [5.41, 5.74) is 0.507. The third kappa shape index (κ3) is 2.58. The van der Waals surface area contributed by atoms with Gasteiger partial charge in [0.2, 0.25) is 0 Å². The first-order chi connectivity index (χ1) is 7.98. The molecule has 0 amide bonds. The van der Waals surface area contributed by atoms with Gasteiger partial charge in [-0.25, -0.2) is 0 Å². The van der Waals surface area contributed by atoms with Crippen molar-refractivity contribution in [3.05, 3.63) is 48.0 Å². The van der Waals surface area contributed by atoms with Crippen LogP contribution in [-0.2, 0) is 6.42 Å². The molecule has 1 atom stereocenters. The summed E-state index contributed by atoms with van der Waals surface area (Å²) in [6, 6.07) is 12.3. The van der Waals surface area contributed by atoms with Gasteiger partial charge >= 0.3 is 6.18 Å². The summed E-state index contributed by atoms with van der Waals surface area (Å²) >= 11 is 0. The van der Waals surface area contributed by atoms with E-state index in [2.05, 4.69) is 0 Å². The van der Waals surface area contributed by atoms with E-state index < -0.39 is 18.7 Å². The Balaban J connectivity index is 2.36. The van der Waals surface area contributed by atoms with E-state index in [9.17, 15) is 13.2 Å². The van der Waals surface area contributed by atoms with Crippen LogP contribution in [0.25, 0.3) is 10.8 Å². The zero-order chi connectivity index (χ0) is 12.5. The van der Waals surface area contributed by atoms with Gasteiger partial charge in [-0.2, -0.15) is 13.2 Å². The van der Waals surface area contributed by atoms with Crippen LogP contribution in [0.5, 0.6) is 0 Å². The van der Waals surface area contributed by atoms with Gasteiger partial charge in [-0.15, -0.1) is 0 Å². The highest BCUT2D eigenvalue weighted by Gasteiger charge is 2.38. The van der Waals surface area contributed by atoms with Crippen LogP contribution in [0.15, 0.2) is 42.5 Å². The van der Waals surface area contributed by atoms with Crippen LogP contribution >= 0.6 is 0 Å². The van der Waals surface area contributed by atoms with E-state index in [0.29, 0.717) is 5.56 Å². The topological polar surface area (TPSA) is 20.2 Å². The largest absolute Gasteiger partial charge is 0.414 e. The second-order valence-corrected chi connectivity index (χ2v) is 3.90. The Bertz CT molecular complexity index is 514. The fourth-order valence-corrected chi connectivity index (χ4v) is 1.79. The van der Waals surface area contributed by atoms with Crippen LogP contribution in [0.3, 0.4) is 0 Å². The molecule has 4 heteroatoms. The van der Waals surface area contributed by atoms with Crippen LogP contribution in [0, 0.1) is 0 Å². The molecule has 0 unspecified atom stereocenters. The van der Waals surface area contributed by atoms with Crippen molar-refractivity contribution in [3.8, 4) is 0 Å². The number of benzene rings is 2. The second-order valence-electron chi connectivity index (χ2n) is 3.90. The first kappa shape index (κ1) is 11.9. The number of hydrogen-bond donors (Lipinski definition) is 1. The minimum absolute atomic E-state index is 0.412. The lowest BCUT2D eigenvalue weighted by Crippen LogP contribution is -2.30. The Hall–Kier alpha value is -1.55. The van der Waals surface area contributed by atoms with Crippen molar-refractivity contribution < 1.29 is 18.3 Å². The predicted octanol–water partition coefficient (Wildman–Crippen LogP) is 3.31. The second kappa shape index (κ2) is 4.37. The van der Waals surface area contributed by atoms with Crippen molar-refractivity contribution >= 4 is 10.8 Å². The summed E-state index contributed by atoms with van der Waals surface area (Å²) in [5.74, 6) is 0. The molecule has 0 aromatic heterocycles. The highest BCUT2D eigenvalue weighted by Crippen LogP contribution is 2.26. The van der Waals surface area contributed by atoms with E-state index in [1.54, 1.807) is 24.3 Å². The number of aliphatic hydroxyl groups is 1. The fourth-order valence-electron chi connectivity index (χ4n) is 1.79. The summed E-state index contributed by atoms with van der Waals surface area (Å²) in [7, 11) is 0. The maximum Gasteiger partial charge on any atom is 0.414 e. The molecule has 0 heterocycles. The van der Waals surface area contributed by atoms with E-state index in [0.717, 1.165) is 10.8 Å². The summed E-state index contributed by atoms with van der Waals surface area (Å²) in [5, 5.41) is 10.7. The van der Waals surface area contributed by atoms with Gasteiger partial charge in [0.1, 0.15) is 0 Å². The van der Waals surface area contributed by atoms with Crippen molar-refractivity contribution in [1.29, 1.82) is 0 Å². The normalized spacial score (nSPS) is 13.9. The average Bonchev–Trinajstić information content (AvgIpc) is 2.28. The third-order valence-electron chi connectivity index (χ3n) is 2.67. The van der Waals surface area contributed by atoms with Crippen LogP contribution in [0.1, 0.15) is 5.56 Å². The fraction of sp³-hybridized carbons (Fsp3) is 0.231. The van der Waals surface area contributed by atoms with Gasteiger partial charge in [-0.1, -0.05) is 42.5 Å². The van der Waals surface area contributed by atoms with E-state index >= 15 is 0 Å². The molecule has 1 N–H and O–H groups in total. The molecule has 1 nitrogen and oxygen atoms in total. The Morgan fingerprint density at radius 3 is 2.35 bits per heavy atom. The maximum absolute atomic E-state index is 12.3. The van der Waals surface area contributed by atoms with Gasteiger partial charge in [0.05, 0.1) is 0 Å². The van der Waals surface area contributed by atoms with Crippen LogP contribution in [-0.4, -0.2) is 17.4 Å². The molecule has 0 fully saturated rings. The van der Waals surface area contributed by atoms with Crippen LogP contribution in [0.4, 0.5) is 13.2 Å². The predicted molar refractivity (Wildman–Crippen MR) is 59.7 cm³/mol. The summed E-state index contributed by atoms with van der Waals surface area (Å²) < 4.78 is 36.9. The molecule has 0 radical (unpaired) electrons. The highest BCUT2D eigenvalue weighted by molar-refractivity contribution is 5.85. The van der Waals surface area contributed by atoms with E-state index in [1.807, 2.05) is 18.2 Å². The molecular weight excluding hydrogens is 229 g/mol. The van der Waals surface area contributed by atoms with Crippen LogP contribution in [0.2, 0.25) is 0 Å². The van der Waals surface area contributed by atoms with Crippen molar-refractivity contribution in [1.82, 2.24) is 0 Å². The van der Waals surface area contributed by atoms with E-state index in [-0.39, 0.29) is 0 Å². The Morgan fingerprint density at radius 2 is 1.65 bits per heavy atom. The van der Waals surface area contributed by atoms with Crippen molar-refractivity contribution in [2.45, 2.75) is 18.7 Å². The standard InChI is InChI=1S/C13H11F3O/c14-13(15,16)12(17)8-10-6-3-5-9-4-1-2-7-11(9)10/h1-7,12,17H,8H2/t12-/m1/s1. The molecule has 90 valence electrons. The SMILES string of the molecule is O[C@H](Cc1cccc2ccccc12)C(F)(F)F. The monoisotopic (exact) mass is 240 g/mol. The molecule has 0 aliphatic carbocycles. The molecule has 17 heavy (non-hydrogen) atoms. The smallest absolute Gasteiger partial charge is 0.383 e. The molecule has 0 aliphatic heterocycles. The Kier molecular flexibility index (Phi) is 3.07. The van der Waals surface area contributed by atoms with Gasteiger partial charge in [0.25, 0.3) is 0 Å². The van der Waals surface area contributed by atoms with Gasteiger partial charge in [0, 0.05) is 6.42 Å². The molecule has 0 spiro atoms. The Morgan fingerprint density at radius 1 is 1.00 bits per heavy atom. The van der Waals surface area contributed by atoms with E-state index in [4.69, 9.17) is 5.11 Å². The molecule has 0 saturated heterocycles. The maximum atomic E-state index is 12.3. The molecule has 0 saturated carbocycles. The van der Waals surface area contributed by atoms with Gasteiger partial charge in [-0.05, 0) is 16.3 Å². The lowest BCUT2D eigenvalue weighted by Gasteiger charge is -2.15. The summed E-state index contributed by atoms with van der Waals surface area (Å²) in [6.45, 7) is 0. The summed E-state index contributed by atoms with van der Waals surface area (Å²) in [4.78, 5) is 0. The lowest BCUT2D eigenvalue weighted by molar-refractivity contribution is -0.202. The van der Waals surface area contributed by atoms with Crippen molar-refractivity contribution in [2.75, 3.05) is 0 Å². The highest BCUT2D eigenvalue weighted by atomic mass is 19.4. The van der Waals surface area contributed by atoms with Gasteiger partial charge < -0.3 is 5.11 Å². The summed E-state index contributed by atoms with van der Waals surface area (Å²) in [6.07, 6.45) is -7.30. The molecular formula is C13H11F3O. The first-order valence-electron chi connectivity index (χ1n) is 5.20. The number of hydrogen-bond acceptors (Lipinski definition) is 1. The molecule has 0 aliphatic rings. The average molecular weight is 240 g/mol. The first-order valence-corrected chi connectivity index (χ1v) is 5.20. The minimum Gasteiger partial charge on any atom is -0.383 e. The van der Waals surface area contributed by atoms with Gasteiger partial charge in [0.15, 0.2) is 6.10 Å². The van der Waals surface area contributed by atoms with E-state index in [1.165, 1.54) is 0 Å². The minimum atomic E-state index is -4.57. The molecule has 2 aromatic rings. The zero-order valence-electron chi connectivity index (χ0n) is 8.91. The molecule has 2 aromatic carbocycles.